The number of nitrogens with zero attached hydrogens (tertiary/aromatic N) is 1. The number of nitro benzene ring substituents is 1. The first-order valence-electron chi connectivity index (χ1n) is 6.54. The average molecular weight is 321 g/mol. The number of nitro groups is 1. The van der Waals surface area contributed by atoms with E-state index in [9.17, 15) is 18.5 Å². The summed E-state index contributed by atoms with van der Waals surface area (Å²) in [6.07, 6.45) is -0.965. The van der Waals surface area contributed by atoms with Crippen LogP contribution in [-0.2, 0) is 14.3 Å². The lowest BCUT2D eigenvalue weighted by atomic mass is 10.1. The van der Waals surface area contributed by atoms with Gasteiger partial charge in [0.15, 0.2) is 0 Å². The average Bonchev–Trinajstić information content (AvgIpc) is 2.47. The topological polar surface area (TPSA) is 86.5 Å². The SMILES string of the molecule is Cc1ccc(S(=O)(=O)OC(C)c2ccccc2[N+](=O)[O-])cc1. The molecule has 1 unspecified atom stereocenters. The van der Waals surface area contributed by atoms with Gasteiger partial charge in [-0.25, -0.2) is 0 Å². The van der Waals surface area contributed by atoms with Gasteiger partial charge in [-0.15, -0.1) is 0 Å². The van der Waals surface area contributed by atoms with Gasteiger partial charge in [0.05, 0.1) is 15.4 Å². The molecule has 0 saturated heterocycles. The minimum Gasteiger partial charge on any atom is -0.258 e. The van der Waals surface area contributed by atoms with Gasteiger partial charge < -0.3 is 0 Å². The molecule has 6 nitrogen and oxygen atoms in total. The van der Waals surface area contributed by atoms with Crippen LogP contribution < -0.4 is 0 Å². The van der Waals surface area contributed by atoms with Crippen LogP contribution in [0.1, 0.15) is 24.2 Å². The molecule has 1 atom stereocenters. The molecule has 116 valence electrons. The van der Waals surface area contributed by atoms with E-state index >= 15 is 0 Å². The Hall–Kier alpha value is -2.25. The number of aryl methyl sites for hydroxylation is 1. The monoisotopic (exact) mass is 321 g/mol. The van der Waals surface area contributed by atoms with E-state index in [1.54, 1.807) is 18.2 Å². The summed E-state index contributed by atoms with van der Waals surface area (Å²) in [5.74, 6) is 0. The van der Waals surface area contributed by atoms with Crippen LogP contribution in [0.15, 0.2) is 53.4 Å². The molecule has 7 heteroatoms. The molecule has 0 fully saturated rings. The lowest BCUT2D eigenvalue weighted by Crippen LogP contribution is -2.11. The zero-order valence-electron chi connectivity index (χ0n) is 12.1. The number of para-hydroxylation sites is 1. The summed E-state index contributed by atoms with van der Waals surface area (Å²) in [7, 11) is -3.99. The van der Waals surface area contributed by atoms with Gasteiger partial charge >= 0.3 is 0 Å². The highest BCUT2D eigenvalue weighted by Crippen LogP contribution is 2.29. The molecule has 0 saturated carbocycles. The van der Waals surface area contributed by atoms with Crippen LogP contribution in [0.5, 0.6) is 0 Å². The van der Waals surface area contributed by atoms with Crippen molar-refractivity contribution in [1.82, 2.24) is 0 Å². The van der Waals surface area contributed by atoms with Crippen LogP contribution >= 0.6 is 0 Å². The van der Waals surface area contributed by atoms with Crippen molar-refractivity contribution in [2.24, 2.45) is 0 Å². The van der Waals surface area contributed by atoms with Gasteiger partial charge in [-0.05, 0) is 32.0 Å². The number of hydrogen-bond acceptors (Lipinski definition) is 5. The van der Waals surface area contributed by atoms with E-state index in [4.69, 9.17) is 4.18 Å². The van der Waals surface area contributed by atoms with Crippen molar-refractivity contribution in [3.63, 3.8) is 0 Å². The molecule has 2 aromatic rings. The minimum atomic E-state index is -3.99. The number of hydrogen-bond donors (Lipinski definition) is 0. The molecule has 0 N–H and O–H groups in total. The Morgan fingerprint density at radius 3 is 2.27 bits per heavy atom. The highest BCUT2D eigenvalue weighted by Gasteiger charge is 2.25. The first-order chi connectivity index (χ1) is 10.3. The van der Waals surface area contributed by atoms with Crippen molar-refractivity contribution in [3.05, 3.63) is 69.8 Å². The molecule has 2 aromatic carbocycles. The van der Waals surface area contributed by atoms with Crippen molar-refractivity contribution in [2.75, 3.05) is 0 Å². The van der Waals surface area contributed by atoms with Gasteiger partial charge in [0.1, 0.15) is 6.10 Å². The fourth-order valence-electron chi connectivity index (χ4n) is 2.00. The Balaban J connectivity index is 2.30. The van der Waals surface area contributed by atoms with Gasteiger partial charge in [-0.1, -0.05) is 29.8 Å². The highest BCUT2D eigenvalue weighted by molar-refractivity contribution is 7.86. The summed E-state index contributed by atoms with van der Waals surface area (Å²) >= 11 is 0. The van der Waals surface area contributed by atoms with E-state index in [1.165, 1.54) is 37.3 Å². The van der Waals surface area contributed by atoms with Gasteiger partial charge in [0.2, 0.25) is 0 Å². The van der Waals surface area contributed by atoms with Gasteiger partial charge in [0.25, 0.3) is 15.8 Å². The maximum absolute atomic E-state index is 12.2. The van der Waals surface area contributed by atoms with Crippen LogP contribution in [-0.4, -0.2) is 13.3 Å². The second-order valence-electron chi connectivity index (χ2n) is 4.82. The third-order valence-corrected chi connectivity index (χ3v) is 4.54. The van der Waals surface area contributed by atoms with E-state index in [1.807, 2.05) is 6.92 Å². The summed E-state index contributed by atoms with van der Waals surface area (Å²) in [6, 6.07) is 12.1. The van der Waals surface area contributed by atoms with Crippen molar-refractivity contribution < 1.29 is 17.5 Å². The summed E-state index contributed by atoms with van der Waals surface area (Å²) in [4.78, 5) is 10.5. The first-order valence-corrected chi connectivity index (χ1v) is 7.95. The number of benzene rings is 2. The maximum atomic E-state index is 12.2. The fraction of sp³-hybridized carbons (Fsp3) is 0.200. The molecule has 22 heavy (non-hydrogen) atoms. The lowest BCUT2D eigenvalue weighted by Gasteiger charge is -2.13. The van der Waals surface area contributed by atoms with E-state index < -0.39 is 21.1 Å². The Kier molecular flexibility index (Phi) is 4.58. The first kappa shape index (κ1) is 16.1. The minimum absolute atomic E-state index is 0.0172. The second kappa shape index (κ2) is 6.25. The van der Waals surface area contributed by atoms with Crippen molar-refractivity contribution >= 4 is 15.8 Å². The predicted octanol–water partition coefficient (Wildman–Crippen LogP) is 3.37. The lowest BCUT2D eigenvalue weighted by molar-refractivity contribution is -0.386. The summed E-state index contributed by atoms with van der Waals surface area (Å²) in [5, 5.41) is 11.0. The van der Waals surface area contributed by atoms with Crippen LogP contribution in [0.25, 0.3) is 0 Å². The maximum Gasteiger partial charge on any atom is 0.297 e. The van der Waals surface area contributed by atoms with Crippen molar-refractivity contribution in [2.45, 2.75) is 24.8 Å². The second-order valence-corrected chi connectivity index (χ2v) is 6.39. The smallest absolute Gasteiger partial charge is 0.258 e. The van der Waals surface area contributed by atoms with Gasteiger partial charge in [-0.2, -0.15) is 8.42 Å². The zero-order chi connectivity index (χ0) is 16.3. The van der Waals surface area contributed by atoms with E-state index in [0.717, 1.165) is 5.56 Å². The molecule has 0 aliphatic rings. The molecular formula is C15H15NO5S. The van der Waals surface area contributed by atoms with E-state index in [2.05, 4.69) is 0 Å². The Bertz CT molecular complexity index is 784. The molecule has 0 aliphatic heterocycles. The van der Waals surface area contributed by atoms with Gasteiger partial charge in [-0.3, -0.25) is 14.3 Å². The molecule has 0 aromatic heterocycles. The normalized spacial score (nSPS) is 12.8. The zero-order valence-corrected chi connectivity index (χ0v) is 12.9. The largest absolute Gasteiger partial charge is 0.297 e. The fourth-order valence-corrected chi connectivity index (χ4v) is 3.06. The predicted molar refractivity (Wildman–Crippen MR) is 81.0 cm³/mol. The van der Waals surface area contributed by atoms with Crippen LogP contribution in [0.2, 0.25) is 0 Å². The van der Waals surface area contributed by atoms with Gasteiger partial charge in [0, 0.05) is 6.07 Å². The van der Waals surface area contributed by atoms with Crippen molar-refractivity contribution in [3.8, 4) is 0 Å². The molecular weight excluding hydrogens is 306 g/mol. The van der Waals surface area contributed by atoms with Crippen LogP contribution in [0.3, 0.4) is 0 Å². The third-order valence-electron chi connectivity index (χ3n) is 3.15. The Morgan fingerprint density at radius 1 is 1.09 bits per heavy atom. The Labute approximate surface area is 128 Å². The number of rotatable bonds is 5. The third kappa shape index (κ3) is 3.49. The molecule has 0 aliphatic carbocycles. The van der Waals surface area contributed by atoms with Crippen LogP contribution in [0, 0.1) is 17.0 Å². The molecule has 0 amide bonds. The molecule has 2 rings (SSSR count). The summed E-state index contributed by atoms with van der Waals surface area (Å²) in [5.41, 5.74) is 0.961. The summed E-state index contributed by atoms with van der Waals surface area (Å²) < 4.78 is 29.5. The molecule has 0 radical (unpaired) electrons. The Morgan fingerprint density at radius 2 is 1.68 bits per heavy atom. The highest BCUT2D eigenvalue weighted by atomic mass is 32.2. The van der Waals surface area contributed by atoms with Crippen LogP contribution in [0.4, 0.5) is 5.69 Å². The van der Waals surface area contributed by atoms with Crippen molar-refractivity contribution in [1.29, 1.82) is 0 Å². The quantitative estimate of drug-likeness (QED) is 0.479. The van der Waals surface area contributed by atoms with E-state index in [0.29, 0.717) is 0 Å². The standard InChI is InChI=1S/C15H15NO5S/c1-11-7-9-13(10-8-11)22(19,20)21-12(2)14-5-3-4-6-15(14)16(17)18/h3-10,12H,1-2H3. The van der Waals surface area contributed by atoms with E-state index in [-0.39, 0.29) is 16.1 Å². The molecule has 0 spiro atoms. The summed E-state index contributed by atoms with van der Waals surface area (Å²) in [6.45, 7) is 3.31. The molecule has 0 heterocycles. The molecule has 0 bridgehead atoms.